The summed E-state index contributed by atoms with van der Waals surface area (Å²) in [5.74, 6) is -1.02. The largest absolute Gasteiger partial charge is 0.477 e. The Kier molecular flexibility index (Phi) is 2.62. The molecule has 0 spiro atoms. The fourth-order valence-corrected chi connectivity index (χ4v) is 1.51. The minimum Gasteiger partial charge on any atom is -0.477 e. The van der Waals surface area contributed by atoms with Crippen LogP contribution in [0.1, 0.15) is 10.5 Å². The summed E-state index contributed by atoms with van der Waals surface area (Å²) >= 11 is 5.74. The van der Waals surface area contributed by atoms with Crippen molar-refractivity contribution in [3.05, 3.63) is 35.1 Å². The molecule has 0 amide bonds. The number of halogens is 1. The van der Waals surface area contributed by atoms with Crippen LogP contribution in [-0.4, -0.2) is 25.8 Å². The zero-order valence-electron chi connectivity index (χ0n) is 8.38. The van der Waals surface area contributed by atoms with Crippen molar-refractivity contribution in [1.82, 2.24) is 14.8 Å². The first-order chi connectivity index (χ1) is 7.58. The zero-order valence-corrected chi connectivity index (χ0v) is 9.14. The minimum atomic E-state index is -1.02. The number of aromatic carboxylic acids is 1. The summed E-state index contributed by atoms with van der Waals surface area (Å²) in [7, 11) is 1.57. The average Bonchev–Trinajstić information content (AvgIpc) is 2.60. The molecule has 6 heteroatoms. The molecular formula is C10H8ClN3O2. The van der Waals surface area contributed by atoms with Gasteiger partial charge < -0.3 is 5.11 Å². The van der Waals surface area contributed by atoms with E-state index in [0.29, 0.717) is 16.5 Å². The van der Waals surface area contributed by atoms with Gasteiger partial charge in [-0.25, -0.2) is 9.78 Å². The summed E-state index contributed by atoms with van der Waals surface area (Å²) in [6, 6.07) is 6.56. The smallest absolute Gasteiger partial charge is 0.354 e. The molecule has 0 unspecified atom stereocenters. The topological polar surface area (TPSA) is 68.0 Å². The second kappa shape index (κ2) is 3.94. The molecule has 1 N–H and O–H groups in total. The van der Waals surface area contributed by atoms with Gasteiger partial charge in [0.25, 0.3) is 0 Å². The van der Waals surface area contributed by atoms with E-state index in [4.69, 9.17) is 16.7 Å². The summed E-state index contributed by atoms with van der Waals surface area (Å²) in [6.45, 7) is 0. The van der Waals surface area contributed by atoms with Crippen molar-refractivity contribution < 1.29 is 9.90 Å². The molecule has 2 aromatic rings. The summed E-state index contributed by atoms with van der Waals surface area (Å²) in [5, 5.41) is 13.3. The molecule has 0 atom stereocenters. The molecule has 82 valence electrons. The highest BCUT2D eigenvalue weighted by molar-refractivity contribution is 6.29. The van der Waals surface area contributed by atoms with Gasteiger partial charge in [0.05, 0.1) is 5.69 Å². The Morgan fingerprint density at radius 1 is 1.44 bits per heavy atom. The number of hydrogen-bond acceptors (Lipinski definition) is 3. The normalized spacial score (nSPS) is 10.4. The van der Waals surface area contributed by atoms with Gasteiger partial charge in [0, 0.05) is 13.1 Å². The first-order valence-electron chi connectivity index (χ1n) is 4.48. The van der Waals surface area contributed by atoms with Gasteiger partial charge in [-0.15, -0.1) is 0 Å². The van der Waals surface area contributed by atoms with Crippen molar-refractivity contribution in [3.8, 4) is 11.4 Å². The van der Waals surface area contributed by atoms with Gasteiger partial charge in [-0.05, 0) is 12.1 Å². The van der Waals surface area contributed by atoms with Gasteiger partial charge in [0.1, 0.15) is 16.5 Å². The summed E-state index contributed by atoms with van der Waals surface area (Å²) in [5.41, 5.74) is 1.15. The van der Waals surface area contributed by atoms with Gasteiger partial charge in [0.15, 0.2) is 0 Å². The number of aromatic nitrogens is 3. The van der Waals surface area contributed by atoms with Crippen molar-refractivity contribution in [2.75, 3.05) is 0 Å². The Hall–Kier alpha value is -1.88. The van der Waals surface area contributed by atoms with Crippen molar-refractivity contribution in [2.24, 2.45) is 7.05 Å². The zero-order chi connectivity index (χ0) is 11.7. The second-order valence-corrected chi connectivity index (χ2v) is 3.58. The van der Waals surface area contributed by atoms with Crippen LogP contribution in [0.4, 0.5) is 0 Å². The number of pyridine rings is 1. The van der Waals surface area contributed by atoms with Crippen LogP contribution in [0.15, 0.2) is 24.3 Å². The Bertz CT molecular complexity index is 551. The highest BCUT2D eigenvalue weighted by Crippen LogP contribution is 2.18. The molecule has 16 heavy (non-hydrogen) atoms. The van der Waals surface area contributed by atoms with Gasteiger partial charge in [-0.2, -0.15) is 5.10 Å². The molecule has 0 bridgehead atoms. The lowest BCUT2D eigenvalue weighted by Gasteiger charge is -1.95. The maximum absolute atomic E-state index is 10.8. The van der Waals surface area contributed by atoms with Crippen molar-refractivity contribution in [2.45, 2.75) is 0 Å². The number of aryl methyl sites for hydroxylation is 1. The van der Waals surface area contributed by atoms with Crippen molar-refractivity contribution in [1.29, 1.82) is 0 Å². The first kappa shape index (κ1) is 10.6. The van der Waals surface area contributed by atoms with Crippen LogP contribution in [0.2, 0.25) is 5.15 Å². The van der Waals surface area contributed by atoms with Crippen LogP contribution < -0.4 is 0 Å². The SMILES string of the molecule is Cn1nc(-c2cccc(Cl)n2)cc1C(=O)O. The van der Waals surface area contributed by atoms with E-state index in [9.17, 15) is 4.79 Å². The third kappa shape index (κ3) is 1.90. The van der Waals surface area contributed by atoms with Crippen LogP contribution in [0, 0.1) is 0 Å². The molecule has 0 fully saturated rings. The van der Waals surface area contributed by atoms with E-state index in [-0.39, 0.29) is 5.69 Å². The molecule has 0 saturated carbocycles. The van der Waals surface area contributed by atoms with Crippen LogP contribution in [0.5, 0.6) is 0 Å². The van der Waals surface area contributed by atoms with E-state index in [1.165, 1.54) is 10.7 Å². The summed E-state index contributed by atoms with van der Waals surface area (Å²) in [6.07, 6.45) is 0. The summed E-state index contributed by atoms with van der Waals surface area (Å²) < 4.78 is 1.29. The van der Waals surface area contributed by atoms with Crippen LogP contribution in [-0.2, 0) is 7.05 Å². The molecule has 0 radical (unpaired) electrons. The molecule has 0 aliphatic rings. The number of carboxylic acid groups (broad SMARTS) is 1. The summed E-state index contributed by atoms with van der Waals surface area (Å²) in [4.78, 5) is 14.9. The Balaban J connectivity index is 2.49. The second-order valence-electron chi connectivity index (χ2n) is 3.19. The number of nitrogens with zero attached hydrogens (tertiary/aromatic N) is 3. The Morgan fingerprint density at radius 2 is 2.19 bits per heavy atom. The van der Waals surface area contributed by atoms with E-state index >= 15 is 0 Å². The molecule has 2 heterocycles. The molecule has 0 aromatic carbocycles. The van der Waals surface area contributed by atoms with Gasteiger partial charge in [-0.3, -0.25) is 4.68 Å². The van der Waals surface area contributed by atoms with Gasteiger partial charge >= 0.3 is 5.97 Å². The molecular weight excluding hydrogens is 230 g/mol. The molecule has 2 rings (SSSR count). The van der Waals surface area contributed by atoms with E-state index in [0.717, 1.165) is 0 Å². The van der Waals surface area contributed by atoms with E-state index in [2.05, 4.69) is 10.1 Å². The fourth-order valence-electron chi connectivity index (χ4n) is 1.34. The van der Waals surface area contributed by atoms with Gasteiger partial charge in [0.2, 0.25) is 0 Å². The first-order valence-corrected chi connectivity index (χ1v) is 4.86. The lowest BCUT2D eigenvalue weighted by atomic mass is 10.2. The molecule has 5 nitrogen and oxygen atoms in total. The number of hydrogen-bond donors (Lipinski definition) is 1. The molecule has 0 aliphatic carbocycles. The fraction of sp³-hybridized carbons (Fsp3) is 0.100. The number of carboxylic acids is 1. The Morgan fingerprint density at radius 3 is 2.75 bits per heavy atom. The predicted octanol–water partition coefficient (Wildman–Crippen LogP) is 1.83. The van der Waals surface area contributed by atoms with E-state index in [1.807, 2.05) is 0 Å². The lowest BCUT2D eigenvalue weighted by molar-refractivity contribution is 0.0685. The highest BCUT2D eigenvalue weighted by Gasteiger charge is 2.13. The third-order valence-corrected chi connectivity index (χ3v) is 2.29. The highest BCUT2D eigenvalue weighted by atomic mass is 35.5. The van der Waals surface area contributed by atoms with Crippen LogP contribution in [0.3, 0.4) is 0 Å². The standard InChI is InChI=1S/C10H8ClN3O2/c1-14-8(10(15)16)5-7(13-14)6-3-2-4-9(11)12-6/h2-5H,1H3,(H,15,16). The van der Waals surface area contributed by atoms with Crippen molar-refractivity contribution >= 4 is 17.6 Å². The molecule has 2 aromatic heterocycles. The average molecular weight is 238 g/mol. The maximum atomic E-state index is 10.8. The van der Waals surface area contributed by atoms with Gasteiger partial charge in [-0.1, -0.05) is 17.7 Å². The van der Waals surface area contributed by atoms with Crippen LogP contribution >= 0.6 is 11.6 Å². The Labute approximate surface area is 96.3 Å². The maximum Gasteiger partial charge on any atom is 0.354 e. The van der Waals surface area contributed by atoms with E-state index < -0.39 is 5.97 Å². The lowest BCUT2D eigenvalue weighted by Crippen LogP contribution is -2.04. The number of carbonyl (C=O) groups is 1. The quantitative estimate of drug-likeness (QED) is 0.810. The van der Waals surface area contributed by atoms with E-state index in [1.54, 1.807) is 25.2 Å². The number of rotatable bonds is 2. The predicted molar refractivity (Wildman–Crippen MR) is 58.4 cm³/mol. The minimum absolute atomic E-state index is 0.108. The molecule has 0 saturated heterocycles. The monoisotopic (exact) mass is 237 g/mol. The molecule has 0 aliphatic heterocycles. The third-order valence-electron chi connectivity index (χ3n) is 2.08. The van der Waals surface area contributed by atoms with Crippen molar-refractivity contribution in [3.63, 3.8) is 0 Å². The van der Waals surface area contributed by atoms with Crippen LogP contribution in [0.25, 0.3) is 11.4 Å².